The van der Waals surface area contributed by atoms with Gasteiger partial charge in [-0.25, -0.2) is 4.79 Å². The van der Waals surface area contributed by atoms with Crippen LogP contribution in [0.5, 0.6) is 0 Å². The van der Waals surface area contributed by atoms with E-state index < -0.39 is 11.7 Å². The molecule has 0 saturated carbocycles. The van der Waals surface area contributed by atoms with Gasteiger partial charge in [0.1, 0.15) is 6.54 Å². The standard InChI is InChI=1S/C15H18N2O3/c1-15(2,3)13-10-7-5-6-8-11(10)17(14(19)16-13)9-12(18)20-4/h5-8H,9H2,1-4H3. The van der Waals surface area contributed by atoms with Crippen LogP contribution in [0.1, 0.15) is 26.5 Å². The molecule has 1 aromatic heterocycles. The van der Waals surface area contributed by atoms with Crippen molar-refractivity contribution in [3.8, 4) is 0 Å². The first-order valence-corrected chi connectivity index (χ1v) is 6.41. The minimum absolute atomic E-state index is 0.132. The molecule has 0 saturated heterocycles. The second-order valence-corrected chi connectivity index (χ2v) is 5.67. The molecule has 1 aromatic carbocycles. The summed E-state index contributed by atoms with van der Waals surface area (Å²) in [4.78, 5) is 27.8. The largest absolute Gasteiger partial charge is 0.468 e. The van der Waals surface area contributed by atoms with E-state index in [2.05, 4.69) is 9.72 Å². The molecule has 0 atom stereocenters. The summed E-state index contributed by atoms with van der Waals surface area (Å²) in [5, 5.41) is 0.878. The third-order valence-electron chi connectivity index (χ3n) is 3.11. The summed E-state index contributed by atoms with van der Waals surface area (Å²) in [6.07, 6.45) is 0. The highest BCUT2D eigenvalue weighted by Crippen LogP contribution is 2.26. The second kappa shape index (κ2) is 5.07. The highest BCUT2D eigenvalue weighted by atomic mass is 16.5. The molecule has 5 heteroatoms. The maximum Gasteiger partial charge on any atom is 0.348 e. The number of aromatic nitrogens is 2. The van der Waals surface area contributed by atoms with E-state index in [4.69, 9.17) is 0 Å². The molecule has 1 heterocycles. The lowest BCUT2D eigenvalue weighted by atomic mass is 9.89. The van der Waals surface area contributed by atoms with Crippen molar-refractivity contribution in [2.24, 2.45) is 0 Å². The van der Waals surface area contributed by atoms with Crippen LogP contribution in [-0.2, 0) is 21.5 Å². The van der Waals surface area contributed by atoms with Crippen LogP contribution in [0, 0.1) is 0 Å². The third kappa shape index (κ3) is 2.57. The first-order chi connectivity index (χ1) is 9.34. The fourth-order valence-corrected chi connectivity index (χ4v) is 2.15. The topological polar surface area (TPSA) is 61.2 Å². The molecular formula is C15H18N2O3. The Labute approximate surface area is 117 Å². The summed E-state index contributed by atoms with van der Waals surface area (Å²) >= 11 is 0. The van der Waals surface area contributed by atoms with E-state index in [9.17, 15) is 9.59 Å². The fraction of sp³-hybridized carbons (Fsp3) is 0.400. The fourth-order valence-electron chi connectivity index (χ4n) is 2.15. The van der Waals surface area contributed by atoms with E-state index in [1.54, 1.807) is 0 Å². The minimum atomic E-state index is -0.470. The lowest BCUT2D eigenvalue weighted by Crippen LogP contribution is -2.31. The Morgan fingerprint density at radius 2 is 1.95 bits per heavy atom. The molecule has 2 aromatic rings. The molecule has 2 rings (SSSR count). The van der Waals surface area contributed by atoms with Crippen molar-refractivity contribution in [2.75, 3.05) is 7.11 Å². The average Bonchev–Trinajstić information content (AvgIpc) is 2.40. The number of esters is 1. The number of nitrogens with zero attached hydrogens (tertiary/aromatic N) is 2. The van der Waals surface area contributed by atoms with Crippen LogP contribution in [0.3, 0.4) is 0 Å². The van der Waals surface area contributed by atoms with Crippen LogP contribution in [0.15, 0.2) is 29.1 Å². The summed E-state index contributed by atoms with van der Waals surface area (Å²) in [5.74, 6) is -0.470. The second-order valence-electron chi connectivity index (χ2n) is 5.67. The van der Waals surface area contributed by atoms with Crippen LogP contribution in [-0.4, -0.2) is 22.6 Å². The Morgan fingerprint density at radius 1 is 1.30 bits per heavy atom. The number of hydrogen-bond donors (Lipinski definition) is 0. The van der Waals surface area contributed by atoms with E-state index in [1.165, 1.54) is 11.7 Å². The van der Waals surface area contributed by atoms with Crippen molar-refractivity contribution in [2.45, 2.75) is 32.7 Å². The number of methoxy groups -OCH3 is 1. The van der Waals surface area contributed by atoms with Gasteiger partial charge in [-0.1, -0.05) is 39.0 Å². The lowest BCUT2D eigenvalue weighted by Gasteiger charge is -2.21. The number of para-hydroxylation sites is 1. The molecule has 0 radical (unpaired) electrons. The van der Waals surface area contributed by atoms with Crippen molar-refractivity contribution in [3.05, 3.63) is 40.4 Å². The number of carbonyl (C=O) groups excluding carboxylic acids is 1. The van der Waals surface area contributed by atoms with Gasteiger partial charge in [0.25, 0.3) is 0 Å². The molecular weight excluding hydrogens is 256 g/mol. The zero-order chi connectivity index (χ0) is 14.9. The molecule has 0 aliphatic carbocycles. The van der Waals surface area contributed by atoms with Gasteiger partial charge in [-0.2, -0.15) is 4.98 Å². The first-order valence-electron chi connectivity index (χ1n) is 6.41. The molecule has 0 fully saturated rings. The zero-order valence-corrected chi connectivity index (χ0v) is 12.1. The maximum atomic E-state index is 12.2. The van der Waals surface area contributed by atoms with Gasteiger partial charge in [-0.05, 0) is 6.07 Å². The van der Waals surface area contributed by atoms with E-state index in [0.717, 1.165) is 11.1 Å². The van der Waals surface area contributed by atoms with Gasteiger partial charge >= 0.3 is 11.7 Å². The highest BCUT2D eigenvalue weighted by molar-refractivity contribution is 5.83. The van der Waals surface area contributed by atoms with Gasteiger partial charge in [0.15, 0.2) is 0 Å². The summed E-state index contributed by atoms with van der Waals surface area (Å²) < 4.78 is 5.97. The highest BCUT2D eigenvalue weighted by Gasteiger charge is 2.21. The molecule has 0 spiro atoms. The molecule has 0 aliphatic rings. The van der Waals surface area contributed by atoms with Gasteiger partial charge in [0, 0.05) is 10.8 Å². The van der Waals surface area contributed by atoms with Crippen LogP contribution in [0.25, 0.3) is 10.9 Å². The third-order valence-corrected chi connectivity index (χ3v) is 3.11. The van der Waals surface area contributed by atoms with Crippen molar-refractivity contribution in [3.63, 3.8) is 0 Å². The summed E-state index contributed by atoms with van der Waals surface area (Å²) in [7, 11) is 1.30. The van der Waals surface area contributed by atoms with E-state index in [1.807, 2.05) is 45.0 Å². The number of ether oxygens (including phenoxy) is 1. The van der Waals surface area contributed by atoms with Gasteiger partial charge in [-0.15, -0.1) is 0 Å². The Balaban J connectivity index is 2.77. The normalized spacial score (nSPS) is 11.6. The molecule has 106 valence electrons. The van der Waals surface area contributed by atoms with E-state index in [0.29, 0.717) is 5.52 Å². The molecule has 0 aliphatic heterocycles. The number of carbonyl (C=O) groups is 1. The number of hydrogen-bond acceptors (Lipinski definition) is 4. The van der Waals surface area contributed by atoms with Gasteiger partial charge in [0.2, 0.25) is 0 Å². The SMILES string of the molecule is COC(=O)Cn1c(=O)nc(C(C)(C)C)c2ccccc21. The Bertz CT molecular complexity index is 711. The Morgan fingerprint density at radius 3 is 2.55 bits per heavy atom. The minimum Gasteiger partial charge on any atom is -0.468 e. The van der Waals surface area contributed by atoms with Crippen molar-refractivity contribution in [1.29, 1.82) is 0 Å². The number of rotatable bonds is 2. The van der Waals surface area contributed by atoms with Gasteiger partial charge < -0.3 is 4.74 Å². The number of benzene rings is 1. The van der Waals surface area contributed by atoms with Crippen molar-refractivity contribution in [1.82, 2.24) is 9.55 Å². The summed E-state index contributed by atoms with van der Waals surface area (Å²) in [6, 6.07) is 7.46. The van der Waals surface area contributed by atoms with Gasteiger partial charge in [0.05, 0.1) is 18.3 Å². The molecule has 5 nitrogen and oxygen atoms in total. The molecule has 0 amide bonds. The molecule has 0 unspecified atom stereocenters. The Kier molecular flexibility index (Phi) is 3.61. The predicted octanol–water partition coefficient (Wildman–Crippen LogP) is 1.87. The van der Waals surface area contributed by atoms with Crippen molar-refractivity contribution < 1.29 is 9.53 Å². The van der Waals surface area contributed by atoms with Crippen LogP contribution in [0.4, 0.5) is 0 Å². The van der Waals surface area contributed by atoms with Gasteiger partial charge in [-0.3, -0.25) is 9.36 Å². The summed E-state index contributed by atoms with van der Waals surface area (Å²) in [5.41, 5.74) is 0.754. The van der Waals surface area contributed by atoms with E-state index in [-0.39, 0.29) is 12.0 Å². The number of fused-ring (bicyclic) bond motifs is 1. The molecule has 0 bridgehead atoms. The quantitative estimate of drug-likeness (QED) is 0.784. The first kappa shape index (κ1) is 14.2. The summed E-state index contributed by atoms with van der Waals surface area (Å²) in [6.45, 7) is 5.89. The lowest BCUT2D eigenvalue weighted by molar-refractivity contribution is -0.141. The zero-order valence-electron chi connectivity index (χ0n) is 12.1. The monoisotopic (exact) mass is 274 g/mol. The predicted molar refractivity (Wildman–Crippen MR) is 76.7 cm³/mol. The van der Waals surface area contributed by atoms with E-state index >= 15 is 0 Å². The maximum absolute atomic E-state index is 12.2. The van der Waals surface area contributed by atoms with Crippen molar-refractivity contribution >= 4 is 16.9 Å². The average molecular weight is 274 g/mol. The van der Waals surface area contributed by atoms with Crippen LogP contribution >= 0.6 is 0 Å². The molecule has 20 heavy (non-hydrogen) atoms. The Hall–Kier alpha value is -2.17. The van der Waals surface area contributed by atoms with Crippen LogP contribution in [0.2, 0.25) is 0 Å². The van der Waals surface area contributed by atoms with Crippen LogP contribution < -0.4 is 5.69 Å². The molecule has 0 N–H and O–H groups in total. The smallest absolute Gasteiger partial charge is 0.348 e.